The first kappa shape index (κ1) is 51.6. The molecule has 23 rings (SSSR count). The van der Waals surface area contributed by atoms with Crippen molar-refractivity contribution in [3.8, 4) is 66.8 Å². The van der Waals surface area contributed by atoms with E-state index in [0.717, 1.165) is 203 Å². The lowest BCUT2D eigenvalue weighted by Gasteiger charge is -2.12. The number of furan rings is 4. The number of hydrogen-bond donors (Lipinski definition) is 0. The Labute approximate surface area is 551 Å². The maximum Gasteiger partial charge on any atom is 0.160 e. The lowest BCUT2D eigenvalue weighted by atomic mass is 9.91. The van der Waals surface area contributed by atoms with Gasteiger partial charge in [-0.05, 0) is 170 Å². The molecule has 0 aliphatic rings. The minimum absolute atomic E-state index is 0.801. The monoisotopic (exact) mass is 1230 g/mol. The fraction of sp³-hybridized carbons (Fsp3) is 0.0110. The van der Waals surface area contributed by atoms with Crippen LogP contribution in [0.1, 0.15) is 5.56 Å². The van der Waals surface area contributed by atoms with Crippen LogP contribution in [0.15, 0.2) is 303 Å². The molecule has 97 heavy (non-hydrogen) atoms. The molecular formula is C91H50N2O4. The highest BCUT2D eigenvalue weighted by atomic mass is 16.3. The zero-order valence-corrected chi connectivity index (χ0v) is 52.2. The van der Waals surface area contributed by atoms with Gasteiger partial charge in [0.1, 0.15) is 22.3 Å². The molecule has 8 aromatic heterocycles. The van der Waals surface area contributed by atoms with Crippen LogP contribution in [0.2, 0.25) is 0 Å². The summed E-state index contributed by atoms with van der Waals surface area (Å²) in [4.78, 5) is 0. The molecule has 0 unspecified atom stereocenters. The van der Waals surface area contributed by atoms with Gasteiger partial charge in [-0.2, -0.15) is 0 Å². The summed E-state index contributed by atoms with van der Waals surface area (Å²) in [5.41, 5.74) is 28.0. The quantitative estimate of drug-likeness (QED) is 0.166. The molecule has 15 aromatic carbocycles. The SMILES string of the molecule is Cc1cc(-c2ccccc2)ccc1-c1cc2c3ccc4c5ccccc5oc4c3n3c2c(c1)c1cc(-c2cccc4oc5c(ccc6c7cc(-c8cc(-c9ccccc9)cc(-c9ccccc9)c8)cc8c9ccc%10c%11ccccc%11oc%10c9n(c87)c65)c24)c2c4ccccc4oc2c13. The van der Waals surface area contributed by atoms with Crippen LogP contribution in [0.5, 0.6) is 0 Å². The van der Waals surface area contributed by atoms with Crippen LogP contribution in [0.25, 0.3) is 231 Å². The molecule has 448 valence electrons. The van der Waals surface area contributed by atoms with E-state index < -0.39 is 0 Å². The Bertz CT molecular complexity index is 7300. The number of hydrogen-bond acceptors (Lipinski definition) is 4. The third-order valence-corrected chi connectivity index (χ3v) is 21.4. The van der Waals surface area contributed by atoms with Crippen LogP contribution in [0.4, 0.5) is 0 Å². The number of aromatic nitrogens is 2. The van der Waals surface area contributed by atoms with Crippen molar-refractivity contribution in [2.75, 3.05) is 0 Å². The van der Waals surface area contributed by atoms with E-state index in [1.54, 1.807) is 0 Å². The van der Waals surface area contributed by atoms with Gasteiger partial charge >= 0.3 is 0 Å². The number of nitrogens with zero attached hydrogens (tertiary/aromatic N) is 2. The van der Waals surface area contributed by atoms with E-state index in [-0.39, 0.29) is 0 Å². The van der Waals surface area contributed by atoms with E-state index >= 15 is 0 Å². The summed E-state index contributed by atoms with van der Waals surface area (Å²) in [5.74, 6) is 0. The molecule has 0 saturated carbocycles. The van der Waals surface area contributed by atoms with Crippen LogP contribution in [0, 0.1) is 6.92 Å². The maximum atomic E-state index is 7.55. The third kappa shape index (κ3) is 6.87. The van der Waals surface area contributed by atoms with Gasteiger partial charge in [-0.15, -0.1) is 0 Å². The molecule has 8 heterocycles. The second-order valence-electron chi connectivity index (χ2n) is 26.6. The minimum Gasteiger partial charge on any atom is -0.454 e. The number of aryl methyl sites for hydroxylation is 1. The zero-order chi connectivity index (χ0) is 63.0. The minimum atomic E-state index is 0.801. The van der Waals surface area contributed by atoms with Gasteiger partial charge in [0, 0.05) is 86.2 Å². The largest absolute Gasteiger partial charge is 0.454 e. The van der Waals surface area contributed by atoms with Crippen molar-refractivity contribution in [3.63, 3.8) is 0 Å². The average molecular weight is 1240 g/mol. The van der Waals surface area contributed by atoms with E-state index in [1.807, 2.05) is 0 Å². The highest BCUT2D eigenvalue weighted by molar-refractivity contribution is 6.36. The predicted molar refractivity (Wildman–Crippen MR) is 402 cm³/mol. The topological polar surface area (TPSA) is 61.4 Å². The number of para-hydroxylation sites is 3. The van der Waals surface area contributed by atoms with E-state index in [9.17, 15) is 0 Å². The molecule has 0 N–H and O–H groups in total. The summed E-state index contributed by atoms with van der Waals surface area (Å²) in [6, 6.07) is 104. The second kappa shape index (κ2) is 18.7. The van der Waals surface area contributed by atoms with Crippen molar-refractivity contribution < 1.29 is 17.7 Å². The van der Waals surface area contributed by atoms with E-state index in [2.05, 4.69) is 301 Å². The Morgan fingerprint density at radius 3 is 1.14 bits per heavy atom. The number of benzene rings is 15. The van der Waals surface area contributed by atoms with Gasteiger partial charge in [-0.25, -0.2) is 0 Å². The Balaban J connectivity index is 0.823. The van der Waals surface area contributed by atoms with E-state index in [0.29, 0.717) is 0 Å². The van der Waals surface area contributed by atoms with Crippen molar-refractivity contribution in [1.29, 1.82) is 0 Å². The molecular weight excluding hydrogens is 1190 g/mol. The molecule has 0 spiro atoms. The summed E-state index contributed by atoms with van der Waals surface area (Å²) >= 11 is 0. The molecule has 0 amide bonds. The first-order chi connectivity index (χ1) is 48.0. The lowest BCUT2D eigenvalue weighted by Crippen LogP contribution is -1.87. The van der Waals surface area contributed by atoms with Gasteiger partial charge in [0.2, 0.25) is 0 Å². The van der Waals surface area contributed by atoms with Crippen LogP contribution in [-0.2, 0) is 0 Å². The molecule has 0 bridgehead atoms. The smallest absolute Gasteiger partial charge is 0.160 e. The van der Waals surface area contributed by atoms with E-state index in [4.69, 9.17) is 17.7 Å². The molecule has 6 heteroatoms. The van der Waals surface area contributed by atoms with Gasteiger partial charge in [0.15, 0.2) is 22.3 Å². The molecule has 0 atom stereocenters. The molecule has 0 radical (unpaired) electrons. The van der Waals surface area contributed by atoms with Crippen LogP contribution in [0.3, 0.4) is 0 Å². The fourth-order valence-corrected chi connectivity index (χ4v) is 17.2. The van der Waals surface area contributed by atoms with Crippen molar-refractivity contribution in [2.24, 2.45) is 0 Å². The first-order valence-electron chi connectivity index (χ1n) is 33.3. The van der Waals surface area contributed by atoms with Gasteiger partial charge in [0.25, 0.3) is 0 Å². The summed E-state index contributed by atoms with van der Waals surface area (Å²) in [5, 5.41) is 17.5. The van der Waals surface area contributed by atoms with Gasteiger partial charge in [-0.3, -0.25) is 0 Å². The van der Waals surface area contributed by atoms with Crippen LogP contribution >= 0.6 is 0 Å². The van der Waals surface area contributed by atoms with Crippen LogP contribution < -0.4 is 0 Å². The molecule has 0 fully saturated rings. The third-order valence-electron chi connectivity index (χ3n) is 21.4. The van der Waals surface area contributed by atoms with Gasteiger partial charge < -0.3 is 26.5 Å². The maximum absolute atomic E-state index is 7.55. The number of fused-ring (bicyclic) bond motifs is 28. The average Bonchev–Trinajstić information content (AvgIpc) is 1.52. The Hall–Kier alpha value is -12.9. The highest BCUT2D eigenvalue weighted by Crippen LogP contribution is 2.54. The number of rotatable bonds is 6. The Morgan fingerprint density at radius 2 is 0.588 bits per heavy atom. The standard InChI is InChI=1S/C91H50N2O4/c1-49-40-53(50-18-5-2-6-19-50)32-33-59(49)58-46-73-64-35-38-67-61-25-12-15-29-77(61)95-89(67)85(64)93-83(73)74(47-58)75-48-70(81-68-26-13-16-30-78(68)96-91(81)87(75)93)62-27-17-31-79-80(62)69-39-36-65-72-45-57(56-42-54(51-20-7-3-8-21-51)41-55(43-56)52-22-9-4-10-23-52)44-71-63-34-37-66-60-24-11-14-28-76(60)94-88(66)84(63)92(82(71)72)86(65)90(69)97-79/h2-48H,1H3. The molecule has 23 aromatic rings. The summed E-state index contributed by atoms with van der Waals surface area (Å²) in [7, 11) is 0. The summed E-state index contributed by atoms with van der Waals surface area (Å²) < 4.78 is 34.0. The summed E-state index contributed by atoms with van der Waals surface area (Å²) in [6.45, 7) is 2.24. The van der Waals surface area contributed by atoms with Gasteiger partial charge in [0.05, 0.1) is 33.1 Å². The van der Waals surface area contributed by atoms with Gasteiger partial charge in [-0.1, -0.05) is 194 Å². The van der Waals surface area contributed by atoms with Crippen molar-refractivity contribution in [3.05, 3.63) is 291 Å². The Morgan fingerprint density at radius 1 is 0.196 bits per heavy atom. The predicted octanol–water partition coefficient (Wildman–Crippen LogP) is 25.9. The molecule has 0 aliphatic heterocycles. The molecule has 0 saturated heterocycles. The summed E-state index contributed by atoms with van der Waals surface area (Å²) in [6.07, 6.45) is 0. The van der Waals surface area contributed by atoms with E-state index in [1.165, 1.54) is 33.4 Å². The Kier molecular flexibility index (Phi) is 9.94. The zero-order valence-electron chi connectivity index (χ0n) is 52.2. The van der Waals surface area contributed by atoms with Crippen molar-refractivity contribution in [2.45, 2.75) is 6.92 Å². The second-order valence-corrected chi connectivity index (χ2v) is 26.6. The van der Waals surface area contributed by atoms with Crippen LogP contribution in [-0.4, -0.2) is 8.80 Å². The van der Waals surface area contributed by atoms with Crippen molar-refractivity contribution in [1.82, 2.24) is 8.80 Å². The first-order valence-corrected chi connectivity index (χ1v) is 33.3. The molecule has 6 nitrogen and oxygen atoms in total. The highest BCUT2D eigenvalue weighted by Gasteiger charge is 2.31. The fourth-order valence-electron chi connectivity index (χ4n) is 17.2. The van der Waals surface area contributed by atoms with Crippen molar-refractivity contribution >= 4 is 164 Å². The lowest BCUT2D eigenvalue weighted by molar-refractivity contribution is 0.669. The normalized spacial score (nSPS) is 12.6. The molecule has 0 aliphatic carbocycles.